The van der Waals surface area contributed by atoms with Crippen molar-refractivity contribution in [3.8, 4) is 0 Å². The van der Waals surface area contributed by atoms with E-state index in [4.69, 9.17) is 10.3 Å². The van der Waals surface area contributed by atoms with E-state index in [1.807, 2.05) is 0 Å². The zero-order valence-corrected chi connectivity index (χ0v) is 15.5. The monoisotopic (exact) mass is 574 g/mol. The predicted molar refractivity (Wildman–Crippen MR) is 60.2 cm³/mol. The molecular formula is C10H18AuIO3S2. The Bertz CT molecular complexity index is 170. The van der Waals surface area contributed by atoms with Gasteiger partial charge in [0.2, 0.25) is 0 Å². The van der Waals surface area contributed by atoms with Gasteiger partial charge in [0, 0.05) is 0 Å². The van der Waals surface area contributed by atoms with Gasteiger partial charge < -0.3 is 10.3 Å². The first kappa shape index (κ1) is 17.1. The summed E-state index contributed by atoms with van der Waals surface area (Å²) in [5.74, 6) is 2.91. The van der Waals surface area contributed by atoms with Crippen LogP contribution in [0.15, 0.2) is 0 Å². The van der Waals surface area contributed by atoms with Crippen molar-refractivity contribution < 1.29 is 51.1 Å². The molecule has 0 aromatic rings. The number of hydrogen-bond acceptors (Lipinski definition) is 5. The molecule has 2 unspecified atom stereocenters. The molecule has 2 rings (SSSR count). The van der Waals surface area contributed by atoms with Crippen molar-refractivity contribution >= 4 is 23.5 Å². The summed E-state index contributed by atoms with van der Waals surface area (Å²) in [6, 6.07) is 0. The van der Waals surface area contributed by atoms with Crippen molar-refractivity contribution in [1.82, 2.24) is 0 Å². The van der Waals surface area contributed by atoms with Crippen LogP contribution in [0.5, 0.6) is 0 Å². The first-order valence-corrected chi connectivity index (χ1v) is 12.9. The smallest absolute Gasteiger partial charge is 0.282 e. The summed E-state index contributed by atoms with van der Waals surface area (Å²) in [6.45, 7) is 0. The van der Waals surface area contributed by atoms with Crippen molar-refractivity contribution in [2.24, 2.45) is 0 Å². The minimum absolute atomic E-state index is 0.625. The second-order valence-electron chi connectivity index (χ2n) is 3.74. The predicted octanol–water partition coefficient (Wildman–Crippen LogP) is -3.01. The average Bonchev–Trinajstić information content (AvgIpc) is 2.31. The second-order valence-corrected chi connectivity index (χ2v) is 12.8. The van der Waals surface area contributed by atoms with Crippen molar-refractivity contribution in [2.75, 3.05) is 11.5 Å². The van der Waals surface area contributed by atoms with Gasteiger partial charge in [-0.15, -0.1) is 0 Å². The number of halogens is 1. The van der Waals surface area contributed by atoms with Crippen LogP contribution in [0.1, 0.15) is 38.5 Å². The van der Waals surface area contributed by atoms with Crippen LogP contribution < -0.4 is 31.4 Å². The fourth-order valence-electron chi connectivity index (χ4n) is 1.64. The summed E-state index contributed by atoms with van der Waals surface area (Å²) < 4.78 is 28.0. The summed E-state index contributed by atoms with van der Waals surface area (Å²) in [7, 11) is 0. The normalized spacial score (nSPS) is 29.9. The molecule has 0 aromatic carbocycles. The molecule has 0 aromatic heterocycles. The molecule has 2 aliphatic heterocycles. The van der Waals surface area contributed by atoms with Gasteiger partial charge in [0.25, 0.3) is 21.1 Å². The maximum Gasteiger partial charge on any atom is 0.282 e. The molecule has 3 nitrogen and oxygen atoms in total. The minimum Gasteiger partial charge on any atom is -0.427 e. The number of hydrogen-bond donors (Lipinski definition) is 0. The maximum absolute atomic E-state index is 8.57. The van der Waals surface area contributed by atoms with E-state index in [0.29, 0.717) is 19.8 Å². The van der Waals surface area contributed by atoms with Gasteiger partial charge in [-0.05, 0) is 0 Å². The fourth-order valence-corrected chi connectivity index (χ4v) is 11.0. The summed E-state index contributed by atoms with van der Waals surface area (Å²) in [5.41, 5.74) is 0. The van der Waals surface area contributed by atoms with E-state index >= 15 is 0 Å². The van der Waals surface area contributed by atoms with Gasteiger partial charge in [-0.25, -0.2) is 0 Å². The van der Waals surface area contributed by atoms with E-state index in [9.17, 15) is 0 Å². The van der Waals surface area contributed by atoms with Crippen LogP contribution in [0, 0.1) is 0 Å². The molecule has 0 N–H and O–H groups in total. The topological polar surface area (TPSA) is 69.2 Å². The van der Waals surface area contributed by atoms with E-state index in [2.05, 4.69) is 23.5 Å². The summed E-state index contributed by atoms with van der Waals surface area (Å²) in [6.07, 6.45) is 9.10. The molecule has 2 atom stereocenters. The van der Waals surface area contributed by atoms with Gasteiger partial charge in [0.1, 0.15) is 0 Å². The van der Waals surface area contributed by atoms with Gasteiger partial charge in [-0.3, -0.25) is 0 Å². The Morgan fingerprint density at radius 3 is 1.53 bits per heavy atom. The third-order valence-corrected chi connectivity index (χ3v) is 11.0. The van der Waals surface area contributed by atoms with Crippen LogP contribution in [-0.4, -0.2) is 18.4 Å². The zero-order valence-electron chi connectivity index (χ0n) is 9.53. The molecule has 2 fully saturated rings. The first-order chi connectivity index (χ1) is 8.18. The van der Waals surface area contributed by atoms with Gasteiger partial charge in [-0.1, -0.05) is 0 Å². The number of thioether (sulfide) groups is 2. The zero-order chi connectivity index (χ0) is 12.5. The molecule has 17 heavy (non-hydrogen) atoms. The fraction of sp³-hybridized carbons (Fsp3) is 1.00. The Hall–Kier alpha value is 2.05. The van der Waals surface area contributed by atoms with Crippen LogP contribution in [0.2, 0.25) is 0 Å². The average molecular weight is 574 g/mol. The van der Waals surface area contributed by atoms with Crippen LogP contribution in [-0.2, 0) is 19.8 Å². The Balaban J connectivity index is 0.000000317. The molecular weight excluding hydrogens is 556 g/mol. The molecule has 0 aliphatic carbocycles. The summed E-state index contributed by atoms with van der Waals surface area (Å²) in [5, 5.41) is 0. The van der Waals surface area contributed by atoms with Crippen LogP contribution in [0.3, 0.4) is 0 Å². The van der Waals surface area contributed by atoms with Crippen molar-refractivity contribution in [1.29, 1.82) is 0 Å². The van der Waals surface area contributed by atoms with E-state index in [0.717, 1.165) is 6.94 Å². The quantitative estimate of drug-likeness (QED) is 0.260. The second kappa shape index (κ2) is 10.8. The molecule has 0 bridgehead atoms. The Labute approximate surface area is 130 Å². The molecule has 106 valence electrons. The molecule has 2 saturated heterocycles. The summed E-state index contributed by atoms with van der Waals surface area (Å²) in [4.78, 5) is 0. The Morgan fingerprint density at radius 2 is 1.24 bits per heavy atom. The Kier molecular flexibility index (Phi) is 10.9. The Morgan fingerprint density at radius 1 is 0.824 bits per heavy atom. The van der Waals surface area contributed by atoms with Gasteiger partial charge in [0.05, 0.1) is 0 Å². The molecule has 0 spiro atoms. The SMILES string of the molecule is C1CC[CH]([Au+][CH]2CCCCS2)SC1.[O-][I+2]([O-])[O-]. The summed E-state index contributed by atoms with van der Waals surface area (Å²) >= 11 is 1.18. The van der Waals surface area contributed by atoms with Crippen molar-refractivity contribution in [3.63, 3.8) is 0 Å². The van der Waals surface area contributed by atoms with E-state index < -0.39 is 21.1 Å². The third kappa shape index (κ3) is 9.56. The van der Waals surface area contributed by atoms with Crippen LogP contribution >= 0.6 is 23.5 Å². The van der Waals surface area contributed by atoms with Crippen LogP contribution in [0.25, 0.3) is 0 Å². The third-order valence-electron chi connectivity index (χ3n) is 2.40. The van der Waals surface area contributed by atoms with Gasteiger partial charge in [-0.2, -0.15) is 0 Å². The van der Waals surface area contributed by atoms with E-state index in [1.165, 1.54) is 37.2 Å². The minimum atomic E-state index is -4.01. The molecule has 2 aliphatic rings. The van der Waals surface area contributed by atoms with Crippen molar-refractivity contribution in [2.45, 2.75) is 45.5 Å². The van der Waals surface area contributed by atoms with E-state index in [1.54, 1.807) is 12.8 Å². The largest absolute Gasteiger partial charge is 0.427 e. The first-order valence-electron chi connectivity index (χ1n) is 5.68. The number of rotatable bonds is 2. The van der Waals surface area contributed by atoms with E-state index in [-0.39, 0.29) is 0 Å². The van der Waals surface area contributed by atoms with Crippen LogP contribution in [0.4, 0.5) is 0 Å². The molecule has 0 amide bonds. The maximum atomic E-state index is 8.57. The molecule has 0 radical (unpaired) electrons. The molecule has 2 heterocycles. The molecule has 7 heteroatoms. The van der Waals surface area contributed by atoms with Crippen molar-refractivity contribution in [3.05, 3.63) is 0 Å². The van der Waals surface area contributed by atoms with Gasteiger partial charge in [0.15, 0.2) is 0 Å². The van der Waals surface area contributed by atoms with Gasteiger partial charge >= 0.3 is 100 Å². The standard InChI is InChI=1S/2C5H9S.Au.IO3/c2*1-2-4-6-5-3-1;;2-1(3)4/h2*4H,1-3,5H2;;/q;;+1;-1. The molecule has 0 saturated carbocycles.